The Bertz CT molecular complexity index is 1140. The van der Waals surface area contributed by atoms with Crippen LogP contribution in [0, 0.1) is 29.5 Å². The summed E-state index contributed by atoms with van der Waals surface area (Å²) in [4.78, 5) is 0. The van der Waals surface area contributed by atoms with E-state index >= 15 is 4.39 Å². The Morgan fingerprint density at radius 3 is 2.17 bits per heavy atom. The van der Waals surface area contributed by atoms with Gasteiger partial charge in [-0.3, -0.25) is 0 Å². The highest BCUT2D eigenvalue weighted by Gasteiger charge is 2.20. The molecule has 0 N–H and O–H groups in total. The number of rotatable bonds is 9. The van der Waals surface area contributed by atoms with Gasteiger partial charge in [0.05, 0.1) is 5.56 Å². The molecule has 1 heteroatoms. The lowest BCUT2D eigenvalue weighted by molar-refractivity contribution is 0.249. The fourth-order valence-corrected chi connectivity index (χ4v) is 5.60. The highest BCUT2D eigenvalue weighted by Crippen LogP contribution is 2.34. The number of hydrogen-bond acceptors (Lipinski definition) is 0. The van der Waals surface area contributed by atoms with Gasteiger partial charge in [0, 0.05) is 10.9 Å². The molecule has 0 aromatic heterocycles. The third-order valence-corrected chi connectivity index (χ3v) is 8.00. The number of aryl methyl sites for hydroxylation is 2. The number of halogens is 1. The summed E-state index contributed by atoms with van der Waals surface area (Å²) in [6, 6.07) is 18.3. The Hall–Kier alpha value is -2.59. The third-order valence-electron chi connectivity index (χ3n) is 8.00. The molecule has 3 aromatic rings. The summed E-state index contributed by atoms with van der Waals surface area (Å²) in [6.07, 6.45) is 16.0. The van der Waals surface area contributed by atoms with Crippen LogP contribution in [0.15, 0.2) is 54.6 Å². The lowest BCUT2D eigenvalue weighted by Gasteiger charge is -2.28. The molecule has 0 heterocycles. The number of fused-ring (bicyclic) bond motifs is 1. The molecule has 0 nitrogen and oxygen atoms in total. The first kappa shape index (κ1) is 25.5. The van der Waals surface area contributed by atoms with Gasteiger partial charge in [0.2, 0.25) is 0 Å². The third kappa shape index (κ3) is 7.20. The fraction of sp³-hybridized carbons (Fsp3) is 0.471. The normalized spacial score (nSPS) is 17.8. The maximum absolute atomic E-state index is 15.2. The van der Waals surface area contributed by atoms with Crippen molar-refractivity contribution in [2.75, 3.05) is 0 Å². The van der Waals surface area contributed by atoms with Gasteiger partial charge in [0.25, 0.3) is 0 Å². The van der Waals surface area contributed by atoms with Gasteiger partial charge in [-0.05, 0) is 65.8 Å². The summed E-state index contributed by atoms with van der Waals surface area (Å²) in [7, 11) is 0. The maximum Gasteiger partial charge on any atom is 0.146 e. The van der Waals surface area contributed by atoms with Gasteiger partial charge in [-0.25, -0.2) is 4.39 Å². The van der Waals surface area contributed by atoms with Crippen LogP contribution in [-0.2, 0) is 12.8 Å². The van der Waals surface area contributed by atoms with Crippen LogP contribution >= 0.6 is 0 Å². The van der Waals surface area contributed by atoms with E-state index in [9.17, 15) is 0 Å². The van der Waals surface area contributed by atoms with Gasteiger partial charge in [0.1, 0.15) is 5.82 Å². The van der Waals surface area contributed by atoms with E-state index in [2.05, 4.69) is 50.0 Å². The van der Waals surface area contributed by atoms with Gasteiger partial charge in [-0.15, -0.1) is 0 Å². The van der Waals surface area contributed by atoms with E-state index in [4.69, 9.17) is 0 Å². The molecule has 1 saturated carbocycles. The van der Waals surface area contributed by atoms with Crippen LogP contribution in [0.1, 0.15) is 100 Å². The van der Waals surface area contributed by atoms with E-state index < -0.39 is 0 Å². The molecule has 0 amide bonds. The molecule has 0 bridgehead atoms. The number of benzene rings is 3. The molecule has 3 aromatic carbocycles. The zero-order valence-corrected chi connectivity index (χ0v) is 21.7. The van der Waals surface area contributed by atoms with Crippen LogP contribution in [0.4, 0.5) is 4.39 Å². The van der Waals surface area contributed by atoms with E-state index in [0.29, 0.717) is 10.9 Å². The standard InChI is InChI=1S/C34H41F/c1-3-5-6-7-8-27-13-15-28(16-14-27)17-18-30-20-24-33-32(25-30)23-22-31(34(33)35)21-19-29-11-9-26(4-2)10-12-29/h9-12,20,22-25,27-28H,3-8,13-18H2,1-2H3. The summed E-state index contributed by atoms with van der Waals surface area (Å²) in [5.41, 5.74) is 4.00. The summed E-state index contributed by atoms with van der Waals surface area (Å²) in [5, 5.41) is 1.65. The van der Waals surface area contributed by atoms with E-state index in [1.807, 2.05) is 30.3 Å². The zero-order chi connectivity index (χ0) is 24.5. The number of hydrogen-bond donors (Lipinski definition) is 0. The van der Waals surface area contributed by atoms with Crippen molar-refractivity contribution in [3.8, 4) is 11.8 Å². The van der Waals surface area contributed by atoms with Crippen molar-refractivity contribution in [1.82, 2.24) is 0 Å². The summed E-state index contributed by atoms with van der Waals surface area (Å²) < 4.78 is 15.2. The topological polar surface area (TPSA) is 0 Å². The van der Waals surface area contributed by atoms with Crippen LogP contribution in [-0.4, -0.2) is 0 Å². The van der Waals surface area contributed by atoms with Gasteiger partial charge in [-0.2, -0.15) is 0 Å². The molecule has 184 valence electrons. The Labute approximate surface area is 212 Å². The van der Waals surface area contributed by atoms with Crippen LogP contribution in [0.25, 0.3) is 10.8 Å². The minimum Gasteiger partial charge on any atom is -0.205 e. The predicted molar refractivity (Wildman–Crippen MR) is 148 cm³/mol. The van der Waals surface area contributed by atoms with Crippen molar-refractivity contribution in [2.45, 2.75) is 90.9 Å². The quantitative estimate of drug-likeness (QED) is 0.216. The van der Waals surface area contributed by atoms with E-state index in [-0.39, 0.29) is 5.82 Å². The van der Waals surface area contributed by atoms with Crippen molar-refractivity contribution >= 4 is 10.8 Å². The van der Waals surface area contributed by atoms with E-state index in [1.54, 1.807) is 0 Å². The molecule has 0 spiro atoms. The molecule has 1 fully saturated rings. The Morgan fingerprint density at radius 1 is 0.743 bits per heavy atom. The van der Waals surface area contributed by atoms with Crippen LogP contribution < -0.4 is 0 Å². The van der Waals surface area contributed by atoms with Crippen molar-refractivity contribution in [1.29, 1.82) is 0 Å². The average Bonchev–Trinajstić information content (AvgIpc) is 2.90. The average molecular weight is 469 g/mol. The SMILES string of the molecule is CCCCCCC1CCC(CCc2ccc3c(F)c(C#Cc4ccc(CC)cc4)ccc3c2)CC1. The summed E-state index contributed by atoms with van der Waals surface area (Å²) in [6.45, 7) is 4.43. The molecule has 0 atom stereocenters. The Balaban J connectivity index is 1.32. The molecule has 0 radical (unpaired) electrons. The molecular formula is C34H41F. The summed E-state index contributed by atoms with van der Waals surface area (Å²) >= 11 is 0. The van der Waals surface area contributed by atoms with Gasteiger partial charge in [-0.1, -0.05) is 120 Å². The van der Waals surface area contributed by atoms with Crippen molar-refractivity contribution in [2.24, 2.45) is 11.8 Å². The highest BCUT2D eigenvalue weighted by molar-refractivity contribution is 5.85. The lowest BCUT2D eigenvalue weighted by Crippen LogP contribution is -2.15. The van der Waals surface area contributed by atoms with Crippen LogP contribution in [0.5, 0.6) is 0 Å². The first-order chi connectivity index (χ1) is 17.2. The minimum absolute atomic E-state index is 0.205. The molecule has 35 heavy (non-hydrogen) atoms. The molecular weight excluding hydrogens is 427 g/mol. The van der Waals surface area contributed by atoms with Gasteiger partial charge < -0.3 is 0 Å². The summed E-state index contributed by atoms with van der Waals surface area (Å²) in [5.74, 6) is 7.78. The molecule has 0 unspecified atom stereocenters. The Morgan fingerprint density at radius 2 is 1.46 bits per heavy atom. The fourth-order valence-electron chi connectivity index (χ4n) is 5.60. The molecule has 4 rings (SSSR count). The van der Waals surface area contributed by atoms with Crippen molar-refractivity contribution < 1.29 is 4.39 Å². The van der Waals surface area contributed by atoms with Crippen molar-refractivity contribution in [3.63, 3.8) is 0 Å². The maximum atomic E-state index is 15.2. The molecule has 1 aliphatic rings. The largest absolute Gasteiger partial charge is 0.205 e. The second kappa shape index (κ2) is 12.9. The lowest BCUT2D eigenvalue weighted by atomic mass is 9.77. The molecule has 0 aliphatic heterocycles. The van der Waals surface area contributed by atoms with Crippen LogP contribution in [0.3, 0.4) is 0 Å². The van der Waals surface area contributed by atoms with E-state index in [0.717, 1.165) is 35.6 Å². The highest BCUT2D eigenvalue weighted by atomic mass is 19.1. The predicted octanol–water partition coefficient (Wildman–Crippen LogP) is 9.65. The first-order valence-electron chi connectivity index (χ1n) is 14.0. The van der Waals surface area contributed by atoms with Gasteiger partial charge >= 0.3 is 0 Å². The molecule has 0 saturated heterocycles. The second-order valence-electron chi connectivity index (χ2n) is 10.6. The minimum atomic E-state index is -0.205. The Kier molecular flexibility index (Phi) is 9.42. The zero-order valence-electron chi connectivity index (χ0n) is 21.7. The van der Waals surface area contributed by atoms with Crippen LogP contribution in [0.2, 0.25) is 0 Å². The smallest absolute Gasteiger partial charge is 0.146 e. The monoisotopic (exact) mass is 468 g/mol. The first-order valence-corrected chi connectivity index (χ1v) is 14.0. The second-order valence-corrected chi connectivity index (χ2v) is 10.6. The molecule has 1 aliphatic carbocycles. The van der Waals surface area contributed by atoms with E-state index in [1.165, 1.54) is 75.3 Å². The number of unbranched alkanes of at least 4 members (excludes halogenated alkanes) is 3. The van der Waals surface area contributed by atoms with Gasteiger partial charge in [0.15, 0.2) is 0 Å². The van der Waals surface area contributed by atoms with Crippen molar-refractivity contribution in [3.05, 3.63) is 82.7 Å².